The second kappa shape index (κ2) is 5.74. The Morgan fingerprint density at radius 1 is 1.30 bits per heavy atom. The SMILES string of the molecule is CC[C@@H]1C(=O)N(C)c2cnc(S(C)(=O)=O)nc2N1C1CCCC1. The number of sulfone groups is 1. The minimum absolute atomic E-state index is 0.0163. The van der Waals surface area contributed by atoms with E-state index in [2.05, 4.69) is 9.97 Å². The van der Waals surface area contributed by atoms with Crippen molar-refractivity contribution in [1.29, 1.82) is 0 Å². The zero-order chi connectivity index (χ0) is 16.8. The van der Waals surface area contributed by atoms with E-state index < -0.39 is 9.84 Å². The van der Waals surface area contributed by atoms with Crippen LogP contribution in [0.3, 0.4) is 0 Å². The topological polar surface area (TPSA) is 83.5 Å². The van der Waals surface area contributed by atoms with Gasteiger partial charge in [-0.05, 0) is 19.3 Å². The first-order valence-electron chi connectivity index (χ1n) is 7.97. The Morgan fingerprint density at radius 2 is 1.96 bits per heavy atom. The van der Waals surface area contributed by atoms with Crippen LogP contribution in [0, 0.1) is 0 Å². The van der Waals surface area contributed by atoms with Crippen molar-refractivity contribution in [2.45, 2.75) is 56.3 Å². The van der Waals surface area contributed by atoms with Crippen molar-refractivity contribution in [2.24, 2.45) is 0 Å². The molecular weight excluding hydrogens is 316 g/mol. The van der Waals surface area contributed by atoms with Gasteiger partial charge in [0.1, 0.15) is 11.7 Å². The number of carbonyl (C=O) groups is 1. The van der Waals surface area contributed by atoms with E-state index in [1.165, 1.54) is 6.20 Å². The molecule has 1 saturated carbocycles. The van der Waals surface area contributed by atoms with Gasteiger partial charge in [-0.3, -0.25) is 4.79 Å². The molecule has 126 valence electrons. The summed E-state index contributed by atoms with van der Waals surface area (Å²) in [6.07, 6.45) is 7.48. The van der Waals surface area contributed by atoms with Gasteiger partial charge in [-0.25, -0.2) is 13.4 Å². The van der Waals surface area contributed by atoms with Crippen LogP contribution < -0.4 is 9.80 Å². The van der Waals surface area contributed by atoms with Crippen LogP contribution >= 0.6 is 0 Å². The molecule has 2 heterocycles. The molecule has 8 heteroatoms. The maximum absolute atomic E-state index is 12.7. The monoisotopic (exact) mass is 338 g/mol. The highest BCUT2D eigenvalue weighted by molar-refractivity contribution is 7.90. The van der Waals surface area contributed by atoms with Crippen LogP contribution in [-0.4, -0.2) is 49.7 Å². The van der Waals surface area contributed by atoms with Gasteiger partial charge in [-0.2, -0.15) is 4.98 Å². The third-order valence-corrected chi connectivity index (χ3v) is 5.58. The van der Waals surface area contributed by atoms with Crippen LogP contribution in [0.15, 0.2) is 11.4 Å². The molecule has 0 N–H and O–H groups in total. The molecule has 1 aliphatic heterocycles. The number of nitrogens with zero attached hydrogens (tertiary/aromatic N) is 4. The standard InChI is InChI=1S/C15H22N4O3S/c1-4-11-14(20)18(2)12-9-16-15(23(3,21)22)17-13(12)19(11)10-7-5-6-8-10/h9-11H,4-8H2,1-3H3/t11-/m1/s1. The van der Waals surface area contributed by atoms with Crippen LogP contribution in [0.1, 0.15) is 39.0 Å². The van der Waals surface area contributed by atoms with E-state index in [9.17, 15) is 13.2 Å². The predicted molar refractivity (Wildman–Crippen MR) is 87.4 cm³/mol. The third-order valence-electron chi connectivity index (χ3n) is 4.72. The minimum atomic E-state index is -3.49. The molecule has 1 aromatic rings. The van der Waals surface area contributed by atoms with Crippen molar-refractivity contribution >= 4 is 27.2 Å². The molecule has 23 heavy (non-hydrogen) atoms. The summed E-state index contributed by atoms with van der Waals surface area (Å²) in [5.74, 6) is 0.587. The smallest absolute Gasteiger partial charge is 0.249 e. The largest absolute Gasteiger partial charge is 0.340 e. The zero-order valence-electron chi connectivity index (χ0n) is 13.7. The number of hydrogen-bond donors (Lipinski definition) is 0. The molecule has 1 atom stereocenters. The molecule has 3 rings (SSSR count). The molecule has 0 aromatic carbocycles. The van der Waals surface area contributed by atoms with Gasteiger partial charge in [0.05, 0.1) is 6.20 Å². The Hall–Kier alpha value is -1.70. The van der Waals surface area contributed by atoms with Crippen LogP contribution in [0.4, 0.5) is 11.5 Å². The van der Waals surface area contributed by atoms with Crippen molar-refractivity contribution < 1.29 is 13.2 Å². The molecule has 0 unspecified atom stereocenters. The van der Waals surface area contributed by atoms with E-state index in [1.807, 2.05) is 11.8 Å². The molecule has 7 nitrogen and oxygen atoms in total. The number of likely N-dealkylation sites (N-methyl/N-ethyl adjacent to an activating group) is 1. The predicted octanol–water partition coefficient (Wildman–Crippen LogP) is 1.38. The lowest BCUT2D eigenvalue weighted by Gasteiger charge is -2.43. The summed E-state index contributed by atoms with van der Waals surface area (Å²) in [4.78, 5) is 24.5. The summed E-state index contributed by atoms with van der Waals surface area (Å²) >= 11 is 0. The summed E-state index contributed by atoms with van der Waals surface area (Å²) in [5, 5.41) is -0.183. The maximum Gasteiger partial charge on any atom is 0.249 e. The number of aromatic nitrogens is 2. The van der Waals surface area contributed by atoms with Crippen molar-refractivity contribution in [2.75, 3.05) is 23.1 Å². The van der Waals surface area contributed by atoms with Crippen molar-refractivity contribution in [3.05, 3.63) is 6.20 Å². The number of anilines is 2. The lowest BCUT2D eigenvalue weighted by Crippen LogP contribution is -2.55. The second-order valence-corrected chi connectivity index (χ2v) is 8.21. The quantitative estimate of drug-likeness (QED) is 0.774. The molecule has 0 bridgehead atoms. The van der Waals surface area contributed by atoms with E-state index >= 15 is 0 Å². The summed E-state index contributed by atoms with van der Waals surface area (Å²) < 4.78 is 23.6. The fourth-order valence-electron chi connectivity index (χ4n) is 3.55. The Labute approximate surface area is 136 Å². The summed E-state index contributed by atoms with van der Waals surface area (Å²) in [6, 6.07) is -0.0587. The fourth-order valence-corrected chi connectivity index (χ4v) is 4.04. The van der Waals surface area contributed by atoms with E-state index in [1.54, 1.807) is 11.9 Å². The van der Waals surface area contributed by atoms with Gasteiger partial charge in [0.15, 0.2) is 5.82 Å². The van der Waals surface area contributed by atoms with Gasteiger partial charge in [0, 0.05) is 19.3 Å². The lowest BCUT2D eigenvalue weighted by atomic mass is 10.0. The average Bonchev–Trinajstić information content (AvgIpc) is 3.03. The van der Waals surface area contributed by atoms with Gasteiger partial charge in [0.2, 0.25) is 20.9 Å². The lowest BCUT2D eigenvalue weighted by molar-refractivity contribution is -0.120. The zero-order valence-corrected chi connectivity index (χ0v) is 14.5. The van der Waals surface area contributed by atoms with Crippen LogP contribution in [0.2, 0.25) is 0 Å². The van der Waals surface area contributed by atoms with Gasteiger partial charge in [-0.15, -0.1) is 0 Å². The maximum atomic E-state index is 12.7. The Bertz CT molecular complexity index is 728. The average molecular weight is 338 g/mol. The summed E-state index contributed by atoms with van der Waals surface area (Å²) in [7, 11) is -1.80. The summed E-state index contributed by atoms with van der Waals surface area (Å²) in [6.45, 7) is 1.97. The Balaban J connectivity index is 2.17. The molecule has 1 amide bonds. The number of fused-ring (bicyclic) bond motifs is 1. The summed E-state index contributed by atoms with van der Waals surface area (Å²) in [5.41, 5.74) is 0.582. The molecule has 1 aromatic heterocycles. The fraction of sp³-hybridized carbons (Fsp3) is 0.667. The van der Waals surface area contributed by atoms with Crippen LogP contribution in [0.5, 0.6) is 0 Å². The van der Waals surface area contributed by atoms with E-state index in [-0.39, 0.29) is 23.1 Å². The number of rotatable bonds is 3. The third kappa shape index (κ3) is 2.69. The van der Waals surface area contributed by atoms with Gasteiger partial charge in [0.25, 0.3) is 0 Å². The molecule has 0 radical (unpaired) electrons. The number of amides is 1. The van der Waals surface area contributed by atoms with Gasteiger partial charge < -0.3 is 9.80 Å². The van der Waals surface area contributed by atoms with Crippen molar-refractivity contribution in [1.82, 2.24) is 9.97 Å². The van der Waals surface area contributed by atoms with Crippen molar-refractivity contribution in [3.63, 3.8) is 0 Å². The molecule has 0 saturated heterocycles. The molecule has 0 spiro atoms. The van der Waals surface area contributed by atoms with Gasteiger partial charge >= 0.3 is 0 Å². The Morgan fingerprint density at radius 3 is 2.52 bits per heavy atom. The number of hydrogen-bond acceptors (Lipinski definition) is 6. The Kier molecular flexibility index (Phi) is 4.03. The first-order valence-corrected chi connectivity index (χ1v) is 9.86. The number of carbonyl (C=O) groups excluding carboxylic acids is 1. The highest BCUT2D eigenvalue weighted by Crippen LogP contribution is 2.39. The normalized spacial score (nSPS) is 22.6. The van der Waals surface area contributed by atoms with E-state index in [0.29, 0.717) is 17.9 Å². The molecule has 1 aliphatic carbocycles. The highest BCUT2D eigenvalue weighted by atomic mass is 32.2. The molecule has 2 aliphatic rings. The van der Waals surface area contributed by atoms with Crippen molar-refractivity contribution in [3.8, 4) is 0 Å². The van der Waals surface area contributed by atoms with E-state index in [0.717, 1.165) is 31.9 Å². The highest BCUT2D eigenvalue weighted by Gasteiger charge is 2.41. The first kappa shape index (κ1) is 16.2. The minimum Gasteiger partial charge on any atom is -0.340 e. The first-order chi connectivity index (χ1) is 10.8. The van der Waals surface area contributed by atoms with Crippen LogP contribution in [-0.2, 0) is 14.6 Å². The molecular formula is C15H22N4O3S. The van der Waals surface area contributed by atoms with Gasteiger partial charge in [-0.1, -0.05) is 19.8 Å². The second-order valence-electron chi connectivity index (χ2n) is 6.30. The molecule has 1 fully saturated rings. The van der Waals surface area contributed by atoms with Crippen LogP contribution in [0.25, 0.3) is 0 Å². The van der Waals surface area contributed by atoms with E-state index in [4.69, 9.17) is 0 Å².